The molecule has 1 aromatic heterocycles. The maximum Gasteiger partial charge on any atom is 0.265 e. The molecule has 2 aromatic rings. The second kappa shape index (κ2) is 5.22. The minimum absolute atomic E-state index is 0.264. The Bertz CT molecular complexity index is 548. The highest BCUT2D eigenvalue weighted by molar-refractivity contribution is 5.92. The Kier molecular flexibility index (Phi) is 3.66. The van der Waals surface area contributed by atoms with Crippen molar-refractivity contribution in [3.05, 3.63) is 30.0 Å². The number of halogens is 2. The molecule has 0 amide bonds. The van der Waals surface area contributed by atoms with Crippen molar-refractivity contribution in [2.45, 2.75) is 19.5 Å². The zero-order valence-electron chi connectivity index (χ0n) is 9.77. The maximum absolute atomic E-state index is 12.2. The van der Waals surface area contributed by atoms with Gasteiger partial charge < -0.3 is 10.4 Å². The Labute approximate surface area is 103 Å². The van der Waals surface area contributed by atoms with E-state index in [0.717, 1.165) is 16.5 Å². The number of hydrogen-bond acceptors (Lipinski definition) is 4. The first-order valence-corrected chi connectivity index (χ1v) is 5.51. The fourth-order valence-electron chi connectivity index (χ4n) is 1.66. The van der Waals surface area contributed by atoms with Gasteiger partial charge in [-0.1, -0.05) is 24.3 Å². The van der Waals surface area contributed by atoms with Gasteiger partial charge >= 0.3 is 0 Å². The van der Waals surface area contributed by atoms with E-state index >= 15 is 0 Å². The van der Waals surface area contributed by atoms with E-state index < -0.39 is 12.5 Å². The molecular weight excluding hydrogens is 240 g/mol. The predicted octanol–water partition coefficient (Wildman–Crippen LogP) is 1.98. The fourth-order valence-corrected chi connectivity index (χ4v) is 1.66. The molecule has 0 saturated heterocycles. The standard InChI is InChI=1S/C12H13F2N3O/c1-7-8-4-2-3-5-9(8)12(17-16-7)15-6-10(18)11(13)14/h2-5,10-11,18H,6H2,1H3,(H,15,17). The van der Waals surface area contributed by atoms with Crippen LogP contribution in [0.4, 0.5) is 14.6 Å². The highest BCUT2D eigenvalue weighted by Crippen LogP contribution is 2.22. The molecule has 0 aliphatic rings. The smallest absolute Gasteiger partial charge is 0.265 e. The largest absolute Gasteiger partial charge is 0.385 e. The highest BCUT2D eigenvalue weighted by Gasteiger charge is 2.17. The van der Waals surface area contributed by atoms with Crippen LogP contribution in [0.1, 0.15) is 5.69 Å². The second-order valence-electron chi connectivity index (χ2n) is 3.96. The minimum atomic E-state index is -2.78. The maximum atomic E-state index is 12.2. The summed E-state index contributed by atoms with van der Waals surface area (Å²) < 4.78 is 24.4. The molecule has 0 spiro atoms. The molecule has 2 N–H and O–H groups in total. The van der Waals surface area contributed by atoms with E-state index in [-0.39, 0.29) is 6.54 Å². The monoisotopic (exact) mass is 253 g/mol. The number of fused-ring (bicyclic) bond motifs is 1. The van der Waals surface area contributed by atoms with Crippen LogP contribution in [0, 0.1) is 6.92 Å². The average molecular weight is 253 g/mol. The number of hydrogen-bond donors (Lipinski definition) is 2. The first-order chi connectivity index (χ1) is 8.59. The third-order valence-electron chi connectivity index (χ3n) is 2.64. The average Bonchev–Trinajstić information content (AvgIpc) is 2.38. The summed E-state index contributed by atoms with van der Waals surface area (Å²) in [6, 6.07) is 7.41. The molecule has 0 aliphatic heterocycles. The van der Waals surface area contributed by atoms with Gasteiger partial charge in [-0.2, -0.15) is 5.10 Å². The van der Waals surface area contributed by atoms with Gasteiger partial charge in [-0.15, -0.1) is 5.10 Å². The lowest BCUT2D eigenvalue weighted by Crippen LogP contribution is -2.27. The minimum Gasteiger partial charge on any atom is -0.385 e. The number of aliphatic hydroxyl groups excluding tert-OH is 1. The van der Waals surface area contributed by atoms with Crippen LogP contribution in [-0.2, 0) is 0 Å². The van der Waals surface area contributed by atoms with Gasteiger partial charge in [0.05, 0.1) is 5.69 Å². The molecule has 6 heteroatoms. The van der Waals surface area contributed by atoms with Crippen LogP contribution < -0.4 is 5.32 Å². The molecule has 96 valence electrons. The molecule has 0 fully saturated rings. The van der Waals surface area contributed by atoms with E-state index in [1.807, 2.05) is 31.2 Å². The molecule has 0 aliphatic carbocycles. The van der Waals surface area contributed by atoms with Gasteiger partial charge in [-0.25, -0.2) is 8.78 Å². The number of rotatable bonds is 4. The summed E-state index contributed by atoms with van der Waals surface area (Å²) in [6.45, 7) is 1.56. The Balaban J connectivity index is 2.26. The summed E-state index contributed by atoms with van der Waals surface area (Å²) in [5.74, 6) is 0.399. The number of benzene rings is 1. The van der Waals surface area contributed by atoms with Crippen LogP contribution in [0.3, 0.4) is 0 Å². The summed E-state index contributed by atoms with van der Waals surface area (Å²) in [5.41, 5.74) is 0.769. The van der Waals surface area contributed by atoms with Gasteiger partial charge in [0, 0.05) is 17.3 Å². The first kappa shape index (κ1) is 12.6. The van der Waals surface area contributed by atoms with E-state index in [1.54, 1.807) is 0 Å². The summed E-state index contributed by atoms with van der Waals surface area (Å²) in [5, 5.41) is 21.3. The number of nitrogens with zero attached hydrogens (tertiary/aromatic N) is 2. The van der Waals surface area contributed by atoms with Gasteiger partial charge in [0.2, 0.25) is 0 Å². The highest BCUT2D eigenvalue weighted by atomic mass is 19.3. The van der Waals surface area contributed by atoms with Crippen molar-refractivity contribution < 1.29 is 13.9 Å². The molecule has 1 unspecified atom stereocenters. The topological polar surface area (TPSA) is 58.0 Å². The van der Waals surface area contributed by atoms with E-state index in [0.29, 0.717) is 5.82 Å². The zero-order valence-corrected chi connectivity index (χ0v) is 9.77. The lowest BCUT2D eigenvalue weighted by atomic mass is 10.1. The van der Waals surface area contributed by atoms with Crippen LogP contribution in [0.25, 0.3) is 10.8 Å². The van der Waals surface area contributed by atoms with E-state index in [1.165, 1.54) is 0 Å². The SMILES string of the molecule is Cc1nnc(NCC(O)C(F)F)c2ccccc12. The van der Waals surface area contributed by atoms with Crippen molar-refractivity contribution in [3.8, 4) is 0 Å². The molecule has 0 radical (unpaired) electrons. The summed E-state index contributed by atoms with van der Waals surface area (Å²) >= 11 is 0. The van der Waals surface area contributed by atoms with Crippen LogP contribution in [-0.4, -0.2) is 34.4 Å². The summed E-state index contributed by atoms with van der Waals surface area (Å²) in [7, 11) is 0. The third kappa shape index (κ3) is 2.53. The van der Waals surface area contributed by atoms with E-state index in [9.17, 15) is 8.78 Å². The summed E-state index contributed by atoms with van der Waals surface area (Å²) in [4.78, 5) is 0. The van der Waals surface area contributed by atoms with Crippen LogP contribution in [0.15, 0.2) is 24.3 Å². The normalized spacial score (nSPS) is 12.9. The zero-order chi connectivity index (χ0) is 13.1. The molecule has 1 atom stereocenters. The van der Waals surface area contributed by atoms with Crippen molar-refractivity contribution in [2.24, 2.45) is 0 Å². The number of anilines is 1. The summed E-state index contributed by atoms with van der Waals surface area (Å²) in [6.07, 6.45) is -4.49. The second-order valence-corrected chi connectivity index (χ2v) is 3.96. The molecule has 1 aromatic carbocycles. The molecule has 0 bridgehead atoms. The number of aryl methyl sites for hydroxylation is 1. The van der Waals surface area contributed by atoms with Crippen LogP contribution >= 0.6 is 0 Å². The number of aromatic nitrogens is 2. The van der Waals surface area contributed by atoms with Gasteiger partial charge in [0.25, 0.3) is 6.43 Å². The lowest BCUT2D eigenvalue weighted by Gasteiger charge is -2.12. The Morgan fingerprint density at radius 3 is 2.56 bits per heavy atom. The van der Waals surface area contributed by atoms with Crippen molar-refractivity contribution >= 4 is 16.6 Å². The number of alkyl halides is 2. The third-order valence-corrected chi connectivity index (χ3v) is 2.64. The van der Waals surface area contributed by atoms with Gasteiger partial charge in [0.1, 0.15) is 6.10 Å². The van der Waals surface area contributed by atoms with Crippen molar-refractivity contribution in [1.82, 2.24) is 10.2 Å². The molecule has 2 rings (SSSR count). The Morgan fingerprint density at radius 1 is 1.22 bits per heavy atom. The van der Waals surface area contributed by atoms with E-state index in [4.69, 9.17) is 5.11 Å². The van der Waals surface area contributed by atoms with Gasteiger partial charge in [-0.05, 0) is 6.92 Å². The quantitative estimate of drug-likeness (QED) is 0.874. The van der Waals surface area contributed by atoms with Gasteiger partial charge in [-0.3, -0.25) is 0 Å². The Hall–Kier alpha value is -1.82. The van der Waals surface area contributed by atoms with E-state index in [2.05, 4.69) is 15.5 Å². The molecule has 1 heterocycles. The molecular formula is C12H13F2N3O. The molecule has 4 nitrogen and oxygen atoms in total. The number of aliphatic hydroxyl groups is 1. The molecule has 18 heavy (non-hydrogen) atoms. The van der Waals surface area contributed by atoms with Crippen LogP contribution in [0.2, 0.25) is 0 Å². The fraction of sp³-hybridized carbons (Fsp3) is 0.333. The first-order valence-electron chi connectivity index (χ1n) is 5.51. The molecule has 0 saturated carbocycles. The van der Waals surface area contributed by atoms with Crippen molar-refractivity contribution in [2.75, 3.05) is 11.9 Å². The Morgan fingerprint density at radius 2 is 1.89 bits per heavy atom. The predicted molar refractivity (Wildman–Crippen MR) is 64.8 cm³/mol. The lowest BCUT2D eigenvalue weighted by molar-refractivity contribution is 0.00381. The number of nitrogens with one attached hydrogen (secondary N) is 1. The van der Waals surface area contributed by atoms with Crippen molar-refractivity contribution in [1.29, 1.82) is 0 Å². The van der Waals surface area contributed by atoms with Crippen molar-refractivity contribution in [3.63, 3.8) is 0 Å². The van der Waals surface area contributed by atoms with Gasteiger partial charge in [0.15, 0.2) is 5.82 Å². The van der Waals surface area contributed by atoms with Crippen LogP contribution in [0.5, 0.6) is 0 Å².